The van der Waals surface area contributed by atoms with Crippen LogP contribution < -0.4 is 11.1 Å². The van der Waals surface area contributed by atoms with Gasteiger partial charge in [0.2, 0.25) is 0 Å². The molecule has 0 rings (SSSR count). The van der Waals surface area contributed by atoms with Crippen molar-refractivity contribution in [2.45, 2.75) is 13.0 Å². The summed E-state index contributed by atoms with van der Waals surface area (Å²) in [5.74, 6) is -0.0922. The Balaban J connectivity index is 3.68. The molecule has 0 saturated heterocycles. The van der Waals surface area contributed by atoms with Gasteiger partial charge in [-0.1, -0.05) is 0 Å². The molecule has 0 fully saturated rings. The lowest BCUT2D eigenvalue weighted by atomic mass is 10.3. The summed E-state index contributed by atoms with van der Waals surface area (Å²) in [6.07, 6.45) is -0.581. The minimum Gasteiger partial charge on any atom is -0.453 e. The van der Waals surface area contributed by atoms with Crippen molar-refractivity contribution >= 4 is 11.9 Å². The van der Waals surface area contributed by atoms with Crippen LogP contribution in [0.15, 0.2) is 0 Å². The van der Waals surface area contributed by atoms with Crippen LogP contribution in [0.3, 0.4) is 0 Å². The second-order valence-electron chi connectivity index (χ2n) is 1.81. The Bertz CT molecular complexity index is 146. The zero-order valence-corrected chi connectivity index (χ0v) is 5.97. The van der Waals surface area contributed by atoms with Crippen molar-refractivity contribution in [2.75, 3.05) is 7.11 Å². The molecular formula is C5H11N3O2. The Kier molecular flexibility index (Phi) is 3.24. The Hall–Kier alpha value is -1.26. The normalized spacial score (nSPS) is 11.8. The molecule has 1 unspecified atom stereocenters. The predicted molar refractivity (Wildman–Crippen MR) is 36.9 cm³/mol. The fourth-order valence-electron chi connectivity index (χ4n) is 0.313. The molecule has 1 amide bonds. The summed E-state index contributed by atoms with van der Waals surface area (Å²) < 4.78 is 4.27. The van der Waals surface area contributed by atoms with E-state index in [-0.39, 0.29) is 5.84 Å². The molecule has 0 aliphatic heterocycles. The van der Waals surface area contributed by atoms with Crippen LogP contribution in [0, 0.1) is 5.41 Å². The maximum Gasteiger partial charge on any atom is 0.407 e. The van der Waals surface area contributed by atoms with Crippen LogP contribution in [0.25, 0.3) is 0 Å². The van der Waals surface area contributed by atoms with Crippen LogP contribution >= 0.6 is 0 Å². The van der Waals surface area contributed by atoms with E-state index in [2.05, 4.69) is 10.1 Å². The third-order valence-electron chi connectivity index (χ3n) is 0.986. The van der Waals surface area contributed by atoms with Crippen LogP contribution in [-0.2, 0) is 4.74 Å². The highest BCUT2D eigenvalue weighted by atomic mass is 16.5. The quantitative estimate of drug-likeness (QED) is 0.367. The number of hydrogen-bond acceptors (Lipinski definition) is 3. The summed E-state index contributed by atoms with van der Waals surface area (Å²) in [6.45, 7) is 1.60. The van der Waals surface area contributed by atoms with Gasteiger partial charge in [0.25, 0.3) is 0 Å². The third kappa shape index (κ3) is 2.91. The average Bonchev–Trinajstić information content (AvgIpc) is 1.87. The number of nitrogens with one attached hydrogen (secondary N) is 2. The molecule has 5 nitrogen and oxygen atoms in total. The highest BCUT2D eigenvalue weighted by Crippen LogP contribution is 1.80. The minimum absolute atomic E-state index is 0.0922. The molecule has 0 aromatic carbocycles. The molecule has 0 spiro atoms. The Labute approximate surface area is 59.0 Å². The van der Waals surface area contributed by atoms with E-state index in [0.717, 1.165) is 0 Å². The van der Waals surface area contributed by atoms with Gasteiger partial charge in [0.05, 0.1) is 13.2 Å². The summed E-state index contributed by atoms with van der Waals surface area (Å²) in [7, 11) is 1.25. The first-order chi connectivity index (χ1) is 4.57. The van der Waals surface area contributed by atoms with Gasteiger partial charge in [-0.05, 0) is 6.92 Å². The van der Waals surface area contributed by atoms with Gasteiger partial charge in [-0.2, -0.15) is 0 Å². The molecule has 0 bridgehead atoms. The SMILES string of the molecule is COC(=O)NC(C)C(=N)N. The Morgan fingerprint density at radius 3 is 2.60 bits per heavy atom. The first kappa shape index (κ1) is 8.74. The number of nitrogens with two attached hydrogens (primary N) is 1. The number of carbonyl (C=O) groups is 1. The lowest BCUT2D eigenvalue weighted by Gasteiger charge is -2.09. The van der Waals surface area contributed by atoms with Gasteiger partial charge in [0.15, 0.2) is 0 Å². The smallest absolute Gasteiger partial charge is 0.407 e. The largest absolute Gasteiger partial charge is 0.453 e. The number of methoxy groups -OCH3 is 1. The second-order valence-corrected chi connectivity index (χ2v) is 1.81. The zero-order chi connectivity index (χ0) is 8.15. The second kappa shape index (κ2) is 3.71. The van der Waals surface area contributed by atoms with Gasteiger partial charge in [-0.3, -0.25) is 5.41 Å². The minimum atomic E-state index is -0.581. The Morgan fingerprint density at radius 1 is 1.80 bits per heavy atom. The van der Waals surface area contributed by atoms with Gasteiger partial charge in [-0.15, -0.1) is 0 Å². The van der Waals surface area contributed by atoms with Crippen molar-refractivity contribution in [3.63, 3.8) is 0 Å². The van der Waals surface area contributed by atoms with Crippen molar-refractivity contribution < 1.29 is 9.53 Å². The topological polar surface area (TPSA) is 88.2 Å². The van der Waals surface area contributed by atoms with E-state index < -0.39 is 12.1 Å². The van der Waals surface area contributed by atoms with Crippen LogP contribution in [0.4, 0.5) is 4.79 Å². The van der Waals surface area contributed by atoms with Crippen LogP contribution in [-0.4, -0.2) is 25.1 Å². The van der Waals surface area contributed by atoms with Gasteiger partial charge in [0.1, 0.15) is 5.84 Å². The summed E-state index contributed by atoms with van der Waals surface area (Å²) >= 11 is 0. The molecule has 0 aliphatic rings. The molecular weight excluding hydrogens is 134 g/mol. The van der Waals surface area contributed by atoms with E-state index in [0.29, 0.717) is 0 Å². The molecule has 58 valence electrons. The first-order valence-corrected chi connectivity index (χ1v) is 2.76. The molecule has 0 heterocycles. The highest BCUT2D eigenvalue weighted by molar-refractivity contribution is 5.85. The van der Waals surface area contributed by atoms with E-state index in [4.69, 9.17) is 11.1 Å². The fourth-order valence-corrected chi connectivity index (χ4v) is 0.313. The van der Waals surface area contributed by atoms with Gasteiger partial charge in [-0.25, -0.2) is 4.79 Å². The number of carbonyl (C=O) groups excluding carboxylic acids is 1. The molecule has 1 atom stereocenters. The molecule has 0 saturated carbocycles. The van der Waals surface area contributed by atoms with Gasteiger partial charge < -0.3 is 15.8 Å². The highest BCUT2D eigenvalue weighted by Gasteiger charge is 2.07. The first-order valence-electron chi connectivity index (χ1n) is 2.76. The van der Waals surface area contributed by atoms with E-state index in [9.17, 15) is 4.79 Å². The van der Waals surface area contributed by atoms with Crippen LogP contribution in [0.1, 0.15) is 6.92 Å². The summed E-state index contributed by atoms with van der Waals surface area (Å²) in [6, 6.07) is -0.465. The molecule has 10 heavy (non-hydrogen) atoms. The molecule has 0 aromatic heterocycles. The molecule has 0 aromatic rings. The number of amidine groups is 1. The zero-order valence-electron chi connectivity index (χ0n) is 5.97. The van der Waals surface area contributed by atoms with Crippen molar-refractivity contribution in [2.24, 2.45) is 5.73 Å². The lowest BCUT2D eigenvalue weighted by molar-refractivity contribution is 0.170. The van der Waals surface area contributed by atoms with Crippen molar-refractivity contribution in [1.82, 2.24) is 5.32 Å². The van der Waals surface area contributed by atoms with E-state index in [1.807, 2.05) is 0 Å². The van der Waals surface area contributed by atoms with Crippen LogP contribution in [0.5, 0.6) is 0 Å². The monoisotopic (exact) mass is 145 g/mol. The maximum absolute atomic E-state index is 10.4. The lowest BCUT2D eigenvalue weighted by Crippen LogP contribution is -2.41. The number of hydrogen-bond donors (Lipinski definition) is 3. The van der Waals surface area contributed by atoms with E-state index >= 15 is 0 Å². The Morgan fingerprint density at radius 2 is 2.30 bits per heavy atom. The number of amides is 1. The van der Waals surface area contributed by atoms with Gasteiger partial charge in [0, 0.05) is 0 Å². The predicted octanol–water partition coefficient (Wildman–Crippen LogP) is -0.333. The standard InChI is InChI=1S/C5H11N3O2/c1-3(4(6)7)8-5(9)10-2/h3H,1-2H3,(H3,6,7)(H,8,9). The van der Waals surface area contributed by atoms with Crippen molar-refractivity contribution in [3.05, 3.63) is 0 Å². The van der Waals surface area contributed by atoms with Crippen LogP contribution in [0.2, 0.25) is 0 Å². The number of rotatable bonds is 2. The molecule has 0 aliphatic carbocycles. The molecule has 5 heteroatoms. The number of ether oxygens (including phenoxy) is 1. The van der Waals surface area contributed by atoms with Crippen molar-refractivity contribution in [3.8, 4) is 0 Å². The van der Waals surface area contributed by atoms with E-state index in [1.165, 1.54) is 7.11 Å². The number of alkyl carbamates (subject to hydrolysis) is 1. The molecule has 4 N–H and O–H groups in total. The van der Waals surface area contributed by atoms with E-state index in [1.54, 1.807) is 6.92 Å². The average molecular weight is 145 g/mol. The van der Waals surface area contributed by atoms with Crippen molar-refractivity contribution in [1.29, 1.82) is 5.41 Å². The molecule has 0 radical (unpaired) electrons. The third-order valence-corrected chi connectivity index (χ3v) is 0.986. The fraction of sp³-hybridized carbons (Fsp3) is 0.600. The summed E-state index contributed by atoms with van der Waals surface area (Å²) in [4.78, 5) is 10.4. The summed E-state index contributed by atoms with van der Waals surface area (Å²) in [5.41, 5.74) is 5.05. The van der Waals surface area contributed by atoms with Gasteiger partial charge >= 0.3 is 6.09 Å². The maximum atomic E-state index is 10.4. The summed E-state index contributed by atoms with van der Waals surface area (Å²) in [5, 5.41) is 9.19.